The maximum Gasteiger partial charge on any atom is 0.306 e. The van der Waals surface area contributed by atoms with Crippen molar-refractivity contribution in [1.29, 1.82) is 0 Å². The molecule has 0 bridgehead atoms. The number of fused-ring (bicyclic) bond motifs is 7. The van der Waals surface area contributed by atoms with Crippen LogP contribution in [0, 0.1) is 46.3 Å². The molecule has 2 aliphatic heterocycles. The zero-order chi connectivity index (χ0) is 26.0. The number of unbranched alkanes of at least 4 members (excludes halogenated alkanes) is 2. The first-order valence-corrected chi connectivity index (χ1v) is 15.9. The van der Waals surface area contributed by atoms with Crippen molar-refractivity contribution in [3.63, 3.8) is 0 Å². The van der Waals surface area contributed by atoms with Crippen molar-refractivity contribution in [1.82, 2.24) is 0 Å². The van der Waals surface area contributed by atoms with Crippen LogP contribution in [-0.2, 0) is 19.0 Å². The molecule has 11 atom stereocenters. The third-order valence-electron chi connectivity index (χ3n) is 12.6. The van der Waals surface area contributed by atoms with Gasteiger partial charge in [-0.1, -0.05) is 59.1 Å². The van der Waals surface area contributed by atoms with E-state index in [1.54, 1.807) is 5.57 Å². The number of esters is 1. The summed E-state index contributed by atoms with van der Waals surface area (Å²) < 4.78 is 19.4. The van der Waals surface area contributed by atoms with Gasteiger partial charge in [-0.2, -0.15) is 0 Å². The minimum absolute atomic E-state index is 0.0190. The lowest BCUT2D eigenvalue weighted by Gasteiger charge is -2.58. The van der Waals surface area contributed by atoms with Crippen LogP contribution >= 0.6 is 0 Å². The van der Waals surface area contributed by atoms with Crippen molar-refractivity contribution in [3.8, 4) is 0 Å². The van der Waals surface area contributed by atoms with E-state index < -0.39 is 0 Å². The van der Waals surface area contributed by atoms with E-state index in [0.29, 0.717) is 35.7 Å². The third-order valence-corrected chi connectivity index (χ3v) is 12.6. The van der Waals surface area contributed by atoms with E-state index in [0.717, 1.165) is 62.9 Å². The Bertz CT molecular complexity index is 902. The van der Waals surface area contributed by atoms with Gasteiger partial charge < -0.3 is 14.2 Å². The van der Waals surface area contributed by atoms with E-state index in [1.807, 2.05) is 0 Å². The van der Waals surface area contributed by atoms with Gasteiger partial charge in [0, 0.05) is 25.2 Å². The Hall–Kier alpha value is -0.870. The Morgan fingerprint density at radius 3 is 2.68 bits per heavy atom. The van der Waals surface area contributed by atoms with Gasteiger partial charge in [0.05, 0.1) is 12.7 Å². The minimum atomic E-state index is -0.315. The van der Waals surface area contributed by atoms with Gasteiger partial charge >= 0.3 is 5.97 Å². The lowest BCUT2D eigenvalue weighted by Crippen LogP contribution is -2.52. The van der Waals surface area contributed by atoms with Crippen LogP contribution in [0.25, 0.3) is 0 Å². The summed E-state index contributed by atoms with van der Waals surface area (Å²) in [5, 5.41) is 0. The number of hydrogen-bond donors (Lipinski definition) is 0. The number of carbonyl (C=O) groups is 1. The lowest BCUT2D eigenvalue weighted by molar-refractivity contribution is -0.272. The summed E-state index contributed by atoms with van der Waals surface area (Å²) in [5.41, 5.74) is 2.25. The summed E-state index contributed by atoms with van der Waals surface area (Å²) in [5.74, 6) is 3.77. The van der Waals surface area contributed by atoms with Crippen molar-refractivity contribution in [2.75, 3.05) is 6.61 Å². The molecule has 37 heavy (non-hydrogen) atoms. The molecule has 1 spiro atoms. The van der Waals surface area contributed by atoms with Gasteiger partial charge in [-0.15, -0.1) is 0 Å². The molecule has 4 nitrogen and oxygen atoms in total. The Balaban J connectivity index is 1.15. The van der Waals surface area contributed by atoms with Crippen LogP contribution in [0.15, 0.2) is 11.6 Å². The summed E-state index contributed by atoms with van der Waals surface area (Å²) in [6.07, 6.45) is 17.4. The lowest BCUT2D eigenvalue weighted by atomic mass is 9.47. The van der Waals surface area contributed by atoms with E-state index in [4.69, 9.17) is 14.2 Å². The summed E-state index contributed by atoms with van der Waals surface area (Å²) >= 11 is 0. The maximum absolute atomic E-state index is 12.4. The number of hydrogen-bond acceptors (Lipinski definition) is 4. The number of rotatable bonds is 5. The monoisotopic (exact) mass is 512 g/mol. The van der Waals surface area contributed by atoms with Crippen LogP contribution in [0.2, 0.25) is 0 Å². The van der Waals surface area contributed by atoms with Gasteiger partial charge in [-0.05, 0) is 91.8 Å². The van der Waals surface area contributed by atoms with E-state index in [9.17, 15) is 4.79 Å². The van der Waals surface area contributed by atoms with Crippen molar-refractivity contribution < 1.29 is 19.0 Å². The average molecular weight is 513 g/mol. The van der Waals surface area contributed by atoms with Crippen LogP contribution in [0.1, 0.15) is 118 Å². The number of ether oxygens (including phenoxy) is 3. The first kappa shape index (κ1) is 26.4. The molecule has 0 amide bonds. The topological polar surface area (TPSA) is 44.8 Å². The van der Waals surface area contributed by atoms with Gasteiger partial charge in [-0.25, -0.2) is 0 Å². The normalized spacial score (nSPS) is 50.6. The molecule has 2 saturated heterocycles. The van der Waals surface area contributed by atoms with Crippen molar-refractivity contribution in [2.45, 2.75) is 136 Å². The van der Waals surface area contributed by atoms with Crippen LogP contribution < -0.4 is 0 Å². The summed E-state index contributed by atoms with van der Waals surface area (Å²) in [4.78, 5) is 12.4. The highest BCUT2D eigenvalue weighted by atomic mass is 16.7. The predicted molar refractivity (Wildman–Crippen MR) is 146 cm³/mol. The molecule has 0 N–H and O–H groups in total. The second kappa shape index (κ2) is 9.65. The van der Waals surface area contributed by atoms with E-state index in [2.05, 4.69) is 40.7 Å². The highest BCUT2D eigenvalue weighted by molar-refractivity contribution is 5.69. The molecular formula is C33H52O4. The summed E-state index contributed by atoms with van der Waals surface area (Å²) in [6, 6.07) is 0. The fourth-order valence-electron chi connectivity index (χ4n) is 10.5. The first-order valence-electron chi connectivity index (χ1n) is 15.9. The quantitative estimate of drug-likeness (QED) is 0.214. The second-order valence-electron chi connectivity index (χ2n) is 14.6. The first-order chi connectivity index (χ1) is 17.7. The van der Waals surface area contributed by atoms with Gasteiger partial charge in [-0.3, -0.25) is 4.79 Å². The highest BCUT2D eigenvalue weighted by Crippen LogP contribution is 2.70. The average Bonchev–Trinajstić information content (AvgIpc) is 3.31. The van der Waals surface area contributed by atoms with Crippen molar-refractivity contribution in [3.05, 3.63) is 11.6 Å². The third kappa shape index (κ3) is 4.17. The summed E-state index contributed by atoms with van der Waals surface area (Å²) in [6.45, 7) is 13.0. The predicted octanol–water partition coefficient (Wildman–Crippen LogP) is 7.85. The molecule has 208 valence electrons. The molecule has 2 heterocycles. The number of allylic oxidation sites excluding steroid dienone is 1. The molecule has 6 aliphatic rings. The van der Waals surface area contributed by atoms with Gasteiger partial charge in [0.2, 0.25) is 0 Å². The molecular weight excluding hydrogens is 460 g/mol. The molecule has 5 fully saturated rings. The molecule has 0 aromatic rings. The van der Waals surface area contributed by atoms with E-state index >= 15 is 0 Å². The SMILES string of the molecule is CCCCCC(=O)O[C@H]1CC[C@@]2(C)C(=CCC3C4CC5OC6(CC[C@@H](C)CO6)C(C)C5[C@@]4(C)CCC32)C1. The standard InChI is InChI=1S/C33H52O4/c1-6-7-8-9-29(34)36-24-13-15-31(4)23(18-24)10-11-25-26(31)14-16-32(5)27(25)19-28-30(32)22(3)33(37-28)17-12-21(2)20-35-33/h10,21-22,24-28,30H,6-9,11-20H2,1-5H3/t21-,22?,24+,25?,26?,27?,28?,30?,31+,32+,33?/m1/s1. The van der Waals surface area contributed by atoms with Crippen LogP contribution in [0.5, 0.6) is 0 Å². The Labute approximate surface area is 225 Å². The fourth-order valence-corrected chi connectivity index (χ4v) is 10.5. The zero-order valence-corrected chi connectivity index (χ0v) is 24.2. The molecule has 0 aromatic heterocycles. The van der Waals surface area contributed by atoms with Crippen LogP contribution in [0.4, 0.5) is 0 Å². The molecule has 3 saturated carbocycles. The smallest absolute Gasteiger partial charge is 0.306 e. The molecule has 7 unspecified atom stereocenters. The van der Waals surface area contributed by atoms with E-state index in [-0.39, 0.29) is 23.3 Å². The molecule has 6 rings (SSSR count). The van der Waals surface area contributed by atoms with E-state index in [1.165, 1.54) is 38.5 Å². The Morgan fingerprint density at radius 2 is 1.92 bits per heavy atom. The van der Waals surface area contributed by atoms with Crippen LogP contribution in [0.3, 0.4) is 0 Å². The second-order valence-corrected chi connectivity index (χ2v) is 14.6. The minimum Gasteiger partial charge on any atom is -0.462 e. The maximum atomic E-state index is 12.4. The molecule has 0 radical (unpaired) electrons. The molecule has 4 heteroatoms. The highest BCUT2D eigenvalue weighted by Gasteiger charge is 2.68. The molecule has 0 aromatic carbocycles. The Kier molecular flexibility index (Phi) is 6.87. The van der Waals surface area contributed by atoms with Crippen LogP contribution in [-0.4, -0.2) is 30.6 Å². The van der Waals surface area contributed by atoms with Crippen molar-refractivity contribution in [2.24, 2.45) is 46.3 Å². The Morgan fingerprint density at radius 1 is 1.08 bits per heavy atom. The summed E-state index contributed by atoms with van der Waals surface area (Å²) in [7, 11) is 0. The van der Waals surface area contributed by atoms with Gasteiger partial charge in [0.15, 0.2) is 5.79 Å². The largest absolute Gasteiger partial charge is 0.462 e. The fraction of sp³-hybridized carbons (Fsp3) is 0.909. The van der Waals surface area contributed by atoms with Gasteiger partial charge in [0.25, 0.3) is 0 Å². The zero-order valence-electron chi connectivity index (χ0n) is 24.2. The van der Waals surface area contributed by atoms with Gasteiger partial charge in [0.1, 0.15) is 6.10 Å². The number of carbonyl (C=O) groups excluding carboxylic acids is 1. The molecule has 4 aliphatic carbocycles. The van der Waals surface area contributed by atoms with Crippen molar-refractivity contribution >= 4 is 5.97 Å².